The number of nitrogens with zero attached hydrogens (tertiary/aromatic N) is 2. The number of rotatable bonds is 9. The van der Waals surface area contributed by atoms with Gasteiger partial charge >= 0.3 is 0 Å². The fourth-order valence-electron chi connectivity index (χ4n) is 2.11. The van der Waals surface area contributed by atoms with Gasteiger partial charge in [-0.15, -0.1) is 0 Å². The molecule has 0 heterocycles. The first-order valence-electron chi connectivity index (χ1n) is 7.67. The van der Waals surface area contributed by atoms with Crippen molar-refractivity contribution in [2.75, 3.05) is 26.7 Å². The van der Waals surface area contributed by atoms with Crippen molar-refractivity contribution in [2.45, 2.75) is 25.2 Å². The Balaban J connectivity index is 2.59. The molecule has 0 spiro atoms. The zero-order valence-corrected chi connectivity index (χ0v) is 15.4. The first-order chi connectivity index (χ1) is 11.5. The number of amides is 1. The topological polar surface area (TPSA) is 136 Å². The smallest absolute Gasteiger partial charge is 0.269 e. The highest BCUT2D eigenvalue weighted by Crippen LogP contribution is 2.16. The fraction of sp³-hybridized carbons (Fsp3) is 0.533. The van der Waals surface area contributed by atoms with Crippen molar-refractivity contribution in [3.8, 4) is 0 Å². The highest BCUT2D eigenvalue weighted by molar-refractivity contribution is 7.89. The maximum atomic E-state index is 12.1. The number of nitrogens with one attached hydrogen (secondary N) is 1. The molecule has 0 aromatic heterocycles. The number of hydrogen-bond donors (Lipinski definition) is 2. The number of nitro benzene ring substituents is 1. The molecule has 0 fully saturated rings. The molecule has 0 saturated heterocycles. The Morgan fingerprint density at radius 1 is 1.32 bits per heavy atom. The lowest BCUT2D eigenvalue weighted by Crippen LogP contribution is -2.40. The molecule has 1 aromatic carbocycles. The monoisotopic (exact) mass is 372 g/mol. The molecule has 0 saturated carbocycles. The predicted octanol–water partition coefficient (Wildman–Crippen LogP) is 0.707. The maximum Gasteiger partial charge on any atom is 0.269 e. The summed E-state index contributed by atoms with van der Waals surface area (Å²) < 4.78 is 26.6. The van der Waals surface area contributed by atoms with Crippen LogP contribution in [0.1, 0.15) is 20.3 Å². The molecule has 0 aliphatic heterocycles. The zero-order chi connectivity index (χ0) is 19.3. The van der Waals surface area contributed by atoms with Gasteiger partial charge in [-0.3, -0.25) is 14.9 Å². The summed E-state index contributed by atoms with van der Waals surface area (Å²) in [7, 11) is -2.18. The van der Waals surface area contributed by atoms with Gasteiger partial charge in [0.05, 0.1) is 9.82 Å². The first kappa shape index (κ1) is 21.0. The van der Waals surface area contributed by atoms with Crippen LogP contribution >= 0.6 is 0 Å². The lowest BCUT2D eigenvalue weighted by Gasteiger charge is -2.29. The summed E-state index contributed by atoms with van der Waals surface area (Å²) in [5, 5.41) is 10.6. The molecular formula is C15H24N4O5S. The molecule has 1 aromatic rings. The number of nitrogens with two attached hydrogens (primary N) is 1. The van der Waals surface area contributed by atoms with Gasteiger partial charge in [-0.05, 0) is 24.1 Å². The Morgan fingerprint density at radius 2 is 1.88 bits per heavy atom. The number of sulfonamides is 1. The molecule has 25 heavy (non-hydrogen) atoms. The van der Waals surface area contributed by atoms with Crippen LogP contribution in [-0.4, -0.2) is 50.8 Å². The van der Waals surface area contributed by atoms with E-state index in [0.717, 1.165) is 24.3 Å². The first-order valence-corrected chi connectivity index (χ1v) is 9.15. The van der Waals surface area contributed by atoms with Gasteiger partial charge < -0.3 is 10.6 Å². The summed E-state index contributed by atoms with van der Waals surface area (Å²) in [5.74, 6) is -0.201. The molecule has 0 radical (unpaired) electrons. The second-order valence-corrected chi connectivity index (χ2v) is 8.28. The second kappa shape index (κ2) is 8.37. The highest BCUT2D eigenvalue weighted by atomic mass is 32.2. The van der Waals surface area contributed by atoms with E-state index in [1.54, 1.807) is 7.05 Å². The van der Waals surface area contributed by atoms with E-state index in [0.29, 0.717) is 13.1 Å². The van der Waals surface area contributed by atoms with Crippen LogP contribution in [0.2, 0.25) is 0 Å². The van der Waals surface area contributed by atoms with Crippen molar-refractivity contribution in [2.24, 2.45) is 11.1 Å². The third-order valence-corrected chi connectivity index (χ3v) is 5.11. The number of hydrogen-bond acceptors (Lipinski definition) is 6. The quantitative estimate of drug-likeness (QED) is 0.484. The second-order valence-electron chi connectivity index (χ2n) is 6.52. The lowest BCUT2D eigenvalue weighted by atomic mass is 9.93. The molecule has 140 valence electrons. The molecule has 10 heteroatoms. The van der Waals surface area contributed by atoms with Crippen molar-refractivity contribution in [3.05, 3.63) is 34.4 Å². The minimum atomic E-state index is -3.83. The minimum Gasteiger partial charge on any atom is -0.345 e. The average Bonchev–Trinajstić information content (AvgIpc) is 2.54. The van der Waals surface area contributed by atoms with Crippen LogP contribution in [0.15, 0.2) is 29.2 Å². The zero-order valence-electron chi connectivity index (χ0n) is 14.6. The maximum absolute atomic E-state index is 12.1. The Hall–Kier alpha value is -2.04. The van der Waals surface area contributed by atoms with Crippen LogP contribution in [0.4, 0.5) is 5.69 Å². The number of benzene rings is 1. The van der Waals surface area contributed by atoms with Crippen LogP contribution in [0.25, 0.3) is 0 Å². The van der Waals surface area contributed by atoms with E-state index in [1.165, 1.54) is 4.90 Å². The summed E-state index contributed by atoms with van der Waals surface area (Å²) in [5.41, 5.74) is 5.22. The molecule has 0 unspecified atom stereocenters. The molecule has 0 aliphatic carbocycles. The Kier molecular flexibility index (Phi) is 7.03. The molecule has 9 nitrogen and oxygen atoms in total. The van der Waals surface area contributed by atoms with Crippen LogP contribution in [0.5, 0.6) is 0 Å². The van der Waals surface area contributed by atoms with Crippen LogP contribution in [0, 0.1) is 15.5 Å². The van der Waals surface area contributed by atoms with Crippen LogP contribution in [-0.2, 0) is 14.8 Å². The van der Waals surface area contributed by atoms with E-state index >= 15 is 0 Å². The van der Waals surface area contributed by atoms with Crippen molar-refractivity contribution in [1.82, 2.24) is 9.62 Å². The SMILES string of the molecule is CN(CC(C)(C)CN)C(=O)CCNS(=O)(=O)c1ccc([N+](=O)[O-])cc1. The number of non-ortho nitro benzene ring substituents is 1. The third-order valence-electron chi connectivity index (χ3n) is 3.63. The van der Waals surface area contributed by atoms with E-state index in [9.17, 15) is 23.3 Å². The van der Waals surface area contributed by atoms with Gasteiger partial charge in [0, 0.05) is 38.7 Å². The molecule has 0 atom stereocenters. The molecule has 1 rings (SSSR count). The normalized spacial score (nSPS) is 12.0. The van der Waals surface area contributed by atoms with Crippen molar-refractivity contribution in [3.63, 3.8) is 0 Å². The summed E-state index contributed by atoms with van der Waals surface area (Å²) in [4.78, 5) is 23.5. The van der Waals surface area contributed by atoms with E-state index in [2.05, 4.69) is 4.72 Å². The van der Waals surface area contributed by atoms with Gasteiger partial charge in [0.1, 0.15) is 0 Å². The molecule has 0 bridgehead atoms. The predicted molar refractivity (Wildman–Crippen MR) is 93.4 cm³/mol. The largest absolute Gasteiger partial charge is 0.345 e. The summed E-state index contributed by atoms with van der Waals surface area (Å²) in [6.07, 6.45) is 0.00334. The van der Waals surface area contributed by atoms with Crippen LogP contribution in [0.3, 0.4) is 0 Å². The molecule has 1 amide bonds. The van der Waals surface area contributed by atoms with Gasteiger partial charge in [0.15, 0.2) is 0 Å². The highest BCUT2D eigenvalue weighted by Gasteiger charge is 2.21. The average molecular weight is 372 g/mol. The lowest BCUT2D eigenvalue weighted by molar-refractivity contribution is -0.384. The van der Waals surface area contributed by atoms with Crippen LogP contribution < -0.4 is 10.5 Å². The molecule has 0 aliphatic rings. The summed E-state index contributed by atoms with van der Waals surface area (Å²) >= 11 is 0. The third kappa shape index (κ3) is 6.40. The summed E-state index contributed by atoms with van der Waals surface area (Å²) in [6, 6.07) is 4.53. The molecular weight excluding hydrogens is 348 g/mol. The van der Waals surface area contributed by atoms with Crippen molar-refractivity contribution in [1.29, 1.82) is 0 Å². The van der Waals surface area contributed by atoms with Gasteiger partial charge in [-0.1, -0.05) is 13.8 Å². The number of carbonyl (C=O) groups excluding carboxylic acids is 1. The number of carbonyl (C=O) groups is 1. The number of nitro groups is 1. The Morgan fingerprint density at radius 3 is 2.36 bits per heavy atom. The summed E-state index contributed by atoms with van der Waals surface area (Å²) in [6.45, 7) is 4.71. The standard InChI is InChI=1S/C15H24N4O5S/c1-15(2,10-16)11-18(3)14(20)8-9-17-25(23,24)13-6-4-12(5-7-13)19(21)22/h4-7,17H,8-11,16H2,1-3H3. The van der Waals surface area contributed by atoms with E-state index in [-0.39, 0.29) is 34.9 Å². The van der Waals surface area contributed by atoms with Gasteiger partial charge in [-0.2, -0.15) is 0 Å². The van der Waals surface area contributed by atoms with E-state index in [4.69, 9.17) is 5.73 Å². The van der Waals surface area contributed by atoms with Gasteiger partial charge in [-0.25, -0.2) is 13.1 Å². The molecule has 3 N–H and O–H groups in total. The van der Waals surface area contributed by atoms with Gasteiger partial charge in [0.25, 0.3) is 5.69 Å². The Labute approximate surface area is 147 Å². The van der Waals surface area contributed by atoms with Crippen molar-refractivity contribution >= 4 is 21.6 Å². The van der Waals surface area contributed by atoms with E-state index in [1.807, 2.05) is 13.8 Å². The van der Waals surface area contributed by atoms with E-state index < -0.39 is 14.9 Å². The van der Waals surface area contributed by atoms with Crippen molar-refractivity contribution < 1.29 is 18.1 Å². The minimum absolute atomic E-state index is 0.00334. The fourth-order valence-corrected chi connectivity index (χ4v) is 3.14. The Bertz CT molecular complexity index is 716. The van der Waals surface area contributed by atoms with Gasteiger partial charge in [0.2, 0.25) is 15.9 Å².